The van der Waals surface area contributed by atoms with Gasteiger partial charge >= 0.3 is 0 Å². The lowest BCUT2D eigenvalue weighted by atomic mass is 9.90. The minimum Gasteiger partial charge on any atom is -0.303 e. The van der Waals surface area contributed by atoms with Gasteiger partial charge in [-0.15, -0.1) is 0 Å². The summed E-state index contributed by atoms with van der Waals surface area (Å²) in [6.07, 6.45) is 7.63. The largest absolute Gasteiger partial charge is 0.303 e. The highest BCUT2D eigenvalue weighted by Gasteiger charge is 2.20. The van der Waals surface area contributed by atoms with Crippen LogP contribution in [-0.2, 0) is 6.42 Å². The van der Waals surface area contributed by atoms with Crippen molar-refractivity contribution < 1.29 is 4.39 Å². The van der Waals surface area contributed by atoms with Gasteiger partial charge in [0.25, 0.3) is 0 Å². The van der Waals surface area contributed by atoms with Gasteiger partial charge in [-0.2, -0.15) is 0 Å². The molecule has 0 spiro atoms. The molecule has 1 aromatic rings. The first-order valence-electron chi connectivity index (χ1n) is 8.68. The fraction of sp³-hybridized carbons (Fsp3) is 0.684. The Labute approximate surface area is 129 Å². The van der Waals surface area contributed by atoms with Crippen LogP contribution >= 0.6 is 0 Å². The number of likely N-dealkylation sites (tertiary alicyclic amines) is 1. The summed E-state index contributed by atoms with van der Waals surface area (Å²) in [4.78, 5) is 2.66. The van der Waals surface area contributed by atoms with E-state index in [2.05, 4.69) is 18.7 Å². The fourth-order valence-corrected chi connectivity index (χ4v) is 3.39. The molecular weight excluding hydrogens is 261 g/mol. The second-order valence-corrected chi connectivity index (χ2v) is 6.59. The van der Waals surface area contributed by atoms with Gasteiger partial charge < -0.3 is 4.90 Å². The average Bonchev–Trinajstić information content (AvgIpc) is 2.53. The van der Waals surface area contributed by atoms with Crippen LogP contribution < -0.4 is 0 Å². The standard InChI is InChI=1S/C19H30FN/c1-3-16(4-2)15-21-13-11-18(12-14-21)6-5-17-7-9-19(20)10-8-17/h7-10,16,18H,3-6,11-15H2,1-2H3. The molecule has 0 saturated carbocycles. The molecule has 0 atom stereocenters. The summed E-state index contributed by atoms with van der Waals surface area (Å²) in [6, 6.07) is 7.01. The van der Waals surface area contributed by atoms with Crippen molar-refractivity contribution in [3.8, 4) is 0 Å². The maximum Gasteiger partial charge on any atom is 0.123 e. The van der Waals surface area contributed by atoms with Gasteiger partial charge in [-0.3, -0.25) is 0 Å². The molecule has 1 aliphatic rings. The second-order valence-electron chi connectivity index (χ2n) is 6.59. The van der Waals surface area contributed by atoms with Crippen molar-refractivity contribution in [1.82, 2.24) is 4.90 Å². The molecule has 1 saturated heterocycles. The van der Waals surface area contributed by atoms with Gasteiger partial charge in [0.05, 0.1) is 0 Å². The Bertz CT molecular complexity index is 389. The highest BCUT2D eigenvalue weighted by atomic mass is 19.1. The number of halogens is 1. The number of piperidine rings is 1. The van der Waals surface area contributed by atoms with E-state index in [4.69, 9.17) is 0 Å². The molecule has 1 heterocycles. The predicted octanol–water partition coefficient (Wildman–Crippen LogP) is 4.91. The first-order valence-corrected chi connectivity index (χ1v) is 8.68. The Hall–Kier alpha value is -0.890. The molecule has 0 bridgehead atoms. The van der Waals surface area contributed by atoms with Gasteiger partial charge in [0.1, 0.15) is 5.82 Å². The summed E-state index contributed by atoms with van der Waals surface area (Å²) >= 11 is 0. The molecule has 0 N–H and O–H groups in total. The Morgan fingerprint density at radius 1 is 1.10 bits per heavy atom. The van der Waals surface area contributed by atoms with Gasteiger partial charge in [-0.05, 0) is 68.3 Å². The maximum absolute atomic E-state index is 12.9. The summed E-state index contributed by atoms with van der Waals surface area (Å²) in [5, 5.41) is 0. The van der Waals surface area contributed by atoms with Crippen LogP contribution in [0.3, 0.4) is 0 Å². The van der Waals surface area contributed by atoms with Crippen LogP contribution in [0.5, 0.6) is 0 Å². The normalized spacial score (nSPS) is 17.5. The molecule has 1 aromatic carbocycles. The van der Waals surface area contributed by atoms with E-state index in [-0.39, 0.29) is 5.82 Å². The van der Waals surface area contributed by atoms with E-state index in [0.717, 1.165) is 18.3 Å². The van der Waals surface area contributed by atoms with E-state index in [9.17, 15) is 4.39 Å². The zero-order valence-electron chi connectivity index (χ0n) is 13.7. The summed E-state index contributed by atoms with van der Waals surface area (Å²) in [5.41, 5.74) is 1.27. The van der Waals surface area contributed by atoms with Gasteiger partial charge in [-0.1, -0.05) is 38.8 Å². The van der Waals surface area contributed by atoms with Crippen molar-refractivity contribution >= 4 is 0 Å². The molecule has 2 rings (SSSR count). The number of hydrogen-bond donors (Lipinski definition) is 0. The minimum atomic E-state index is -0.131. The number of rotatable bonds is 7. The lowest BCUT2D eigenvalue weighted by Crippen LogP contribution is -2.37. The monoisotopic (exact) mass is 291 g/mol. The average molecular weight is 291 g/mol. The van der Waals surface area contributed by atoms with Gasteiger partial charge in [0.15, 0.2) is 0 Å². The van der Waals surface area contributed by atoms with Crippen molar-refractivity contribution in [2.75, 3.05) is 19.6 Å². The Morgan fingerprint density at radius 2 is 1.71 bits per heavy atom. The predicted molar refractivity (Wildman–Crippen MR) is 88.0 cm³/mol. The molecule has 1 aliphatic heterocycles. The molecular formula is C19H30FN. The van der Waals surface area contributed by atoms with Crippen LogP contribution in [0.2, 0.25) is 0 Å². The SMILES string of the molecule is CCC(CC)CN1CCC(CCc2ccc(F)cc2)CC1. The zero-order valence-corrected chi connectivity index (χ0v) is 13.7. The number of benzene rings is 1. The molecule has 118 valence electrons. The zero-order chi connectivity index (χ0) is 15.1. The van der Waals surface area contributed by atoms with Crippen LogP contribution in [-0.4, -0.2) is 24.5 Å². The Kier molecular flexibility index (Phi) is 6.69. The lowest BCUT2D eigenvalue weighted by molar-refractivity contribution is 0.153. The summed E-state index contributed by atoms with van der Waals surface area (Å²) in [7, 11) is 0. The molecule has 0 aromatic heterocycles. The van der Waals surface area contributed by atoms with Crippen LogP contribution in [0, 0.1) is 17.7 Å². The third-order valence-electron chi connectivity index (χ3n) is 5.13. The minimum absolute atomic E-state index is 0.131. The van der Waals surface area contributed by atoms with Crippen molar-refractivity contribution in [1.29, 1.82) is 0 Å². The number of nitrogens with zero attached hydrogens (tertiary/aromatic N) is 1. The van der Waals surface area contributed by atoms with Crippen molar-refractivity contribution in [2.45, 2.75) is 52.4 Å². The number of hydrogen-bond acceptors (Lipinski definition) is 1. The van der Waals surface area contributed by atoms with Gasteiger partial charge in [0.2, 0.25) is 0 Å². The van der Waals surface area contributed by atoms with E-state index < -0.39 is 0 Å². The van der Waals surface area contributed by atoms with Crippen molar-refractivity contribution in [2.24, 2.45) is 11.8 Å². The smallest absolute Gasteiger partial charge is 0.123 e. The summed E-state index contributed by atoms with van der Waals surface area (Å²) in [5.74, 6) is 1.60. The summed E-state index contributed by atoms with van der Waals surface area (Å²) < 4.78 is 12.9. The van der Waals surface area contributed by atoms with Gasteiger partial charge in [-0.25, -0.2) is 4.39 Å². The topological polar surface area (TPSA) is 3.24 Å². The second kappa shape index (κ2) is 8.53. The molecule has 1 nitrogen and oxygen atoms in total. The molecule has 0 unspecified atom stereocenters. The highest BCUT2D eigenvalue weighted by Crippen LogP contribution is 2.24. The Balaban J connectivity index is 1.68. The molecule has 2 heteroatoms. The van der Waals surface area contributed by atoms with E-state index in [1.54, 1.807) is 12.1 Å². The molecule has 0 aliphatic carbocycles. The number of aryl methyl sites for hydroxylation is 1. The quantitative estimate of drug-likeness (QED) is 0.690. The van der Waals surface area contributed by atoms with E-state index in [1.807, 2.05) is 12.1 Å². The van der Waals surface area contributed by atoms with Crippen LogP contribution in [0.4, 0.5) is 4.39 Å². The third kappa shape index (κ3) is 5.43. The van der Waals surface area contributed by atoms with E-state index in [1.165, 1.54) is 57.3 Å². The van der Waals surface area contributed by atoms with E-state index in [0.29, 0.717) is 0 Å². The summed E-state index contributed by atoms with van der Waals surface area (Å²) in [6.45, 7) is 8.44. The fourth-order valence-electron chi connectivity index (χ4n) is 3.39. The first-order chi connectivity index (χ1) is 10.2. The van der Waals surface area contributed by atoms with Crippen LogP contribution in [0.25, 0.3) is 0 Å². The molecule has 0 amide bonds. The molecule has 21 heavy (non-hydrogen) atoms. The van der Waals surface area contributed by atoms with Crippen molar-refractivity contribution in [3.05, 3.63) is 35.6 Å². The van der Waals surface area contributed by atoms with E-state index >= 15 is 0 Å². The molecule has 0 radical (unpaired) electrons. The van der Waals surface area contributed by atoms with Crippen molar-refractivity contribution in [3.63, 3.8) is 0 Å². The maximum atomic E-state index is 12.9. The highest BCUT2D eigenvalue weighted by molar-refractivity contribution is 5.16. The van der Waals surface area contributed by atoms with Crippen LogP contribution in [0.15, 0.2) is 24.3 Å². The molecule has 1 fully saturated rings. The van der Waals surface area contributed by atoms with Gasteiger partial charge in [0, 0.05) is 6.54 Å². The Morgan fingerprint density at radius 3 is 2.29 bits per heavy atom. The first kappa shape index (κ1) is 16.5. The third-order valence-corrected chi connectivity index (χ3v) is 5.13. The lowest BCUT2D eigenvalue weighted by Gasteiger charge is -2.34. The van der Waals surface area contributed by atoms with Crippen LogP contribution in [0.1, 0.15) is 51.5 Å².